The first-order valence-corrected chi connectivity index (χ1v) is 10.7. The van der Waals surface area contributed by atoms with Crippen LogP contribution in [0.25, 0.3) is 6.08 Å². The lowest BCUT2D eigenvalue weighted by Gasteiger charge is -2.08. The molecule has 5 nitrogen and oxygen atoms in total. The third kappa shape index (κ3) is 5.48. The van der Waals surface area contributed by atoms with Crippen molar-refractivity contribution in [2.45, 2.75) is 6.61 Å². The lowest BCUT2D eigenvalue weighted by molar-refractivity contribution is -0.115. The van der Waals surface area contributed by atoms with Crippen molar-refractivity contribution in [3.05, 3.63) is 93.9 Å². The molecule has 0 bridgehead atoms. The number of thioether (sulfide) groups is 1. The number of aliphatic imine (C=N–C) groups is 1. The Labute approximate surface area is 189 Å². The second-order valence-electron chi connectivity index (χ2n) is 6.64. The normalized spacial score (nSPS) is 15.9. The van der Waals surface area contributed by atoms with Gasteiger partial charge >= 0.3 is 0 Å². The summed E-state index contributed by atoms with van der Waals surface area (Å²) >= 11 is 7.66. The number of carbonyl (C=O) groups is 1. The Morgan fingerprint density at radius 2 is 1.84 bits per heavy atom. The Balaban J connectivity index is 1.44. The molecule has 0 radical (unpaired) electrons. The summed E-state index contributed by atoms with van der Waals surface area (Å²) in [5, 5.41) is 3.79. The highest BCUT2D eigenvalue weighted by atomic mass is 35.5. The molecule has 1 saturated heterocycles. The second-order valence-corrected chi connectivity index (χ2v) is 8.08. The van der Waals surface area contributed by atoms with Crippen LogP contribution in [0, 0.1) is 0 Å². The van der Waals surface area contributed by atoms with Crippen LogP contribution in [0.5, 0.6) is 11.5 Å². The number of hydrogen-bond acceptors (Lipinski definition) is 5. The molecule has 1 N–H and O–H groups in total. The topological polar surface area (TPSA) is 59.9 Å². The number of ether oxygens (including phenoxy) is 2. The van der Waals surface area contributed by atoms with Crippen molar-refractivity contribution in [2.75, 3.05) is 7.11 Å². The van der Waals surface area contributed by atoms with Gasteiger partial charge in [-0.3, -0.25) is 4.79 Å². The predicted molar refractivity (Wildman–Crippen MR) is 126 cm³/mol. The van der Waals surface area contributed by atoms with Gasteiger partial charge < -0.3 is 14.8 Å². The Kier molecular flexibility index (Phi) is 6.60. The molecule has 7 heteroatoms. The average molecular weight is 451 g/mol. The number of carbonyl (C=O) groups excluding carboxylic acids is 1. The fraction of sp³-hybridized carbons (Fsp3) is 0.0833. The van der Waals surface area contributed by atoms with Crippen LogP contribution >= 0.6 is 23.4 Å². The first-order valence-electron chi connectivity index (χ1n) is 9.50. The van der Waals surface area contributed by atoms with Gasteiger partial charge in [0.1, 0.15) is 18.1 Å². The molecule has 3 aromatic carbocycles. The van der Waals surface area contributed by atoms with Crippen molar-refractivity contribution in [1.29, 1.82) is 0 Å². The van der Waals surface area contributed by atoms with E-state index in [1.54, 1.807) is 19.3 Å². The highest BCUT2D eigenvalue weighted by Crippen LogP contribution is 2.31. The lowest BCUT2D eigenvalue weighted by Crippen LogP contribution is -2.19. The summed E-state index contributed by atoms with van der Waals surface area (Å²) in [6.07, 6.45) is 1.78. The largest absolute Gasteiger partial charge is 0.497 e. The Hall–Kier alpha value is -3.22. The van der Waals surface area contributed by atoms with Gasteiger partial charge in [0.2, 0.25) is 0 Å². The van der Waals surface area contributed by atoms with E-state index in [1.807, 2.05) is 66.7 Å². The SMILES string of the molecule is COc1ccc(N=C2NC(=O)/C(=C/c3ccc(OCc4ccccc4)c(Cl)c3)S2)cc1. The van der Waals surface area contributed by atoms with E-state index in [2.05, 4.69) is 10.3 Å². The molecule has 0 unspecified atom stereocenters. The molecule has 1 aliphatic heterocycles. The quantitative estimate of drug-likeness (QED) is 0.481. The Morgan fingerprint density at radius 3 is 2.55 bits per heavy atom. The number of benzene rings is 3. The van der Waals surface area contributed by atoms with Gasteiger partial charge in [0.05, 0.1) is 22.7 Å². The van der Waals surface area contributed by atoms with Gasteiger partial charge in [0, 0.05) is 0 Å². The first kappa shape index (κ1) is 21.0. The number of nitrogens with one attached hydrogen (secondary N) is 1. The van der Waals surface area contributed by atoms with E-state index in [-0.39, 0.29) is 5.91 Å². The maximum Gasteiger partial charge on any atom is 0.264 e. The van der Waals surface area contributed by atoms with Crippen molar-refractivity contribution >= 4 is 46.2 Å². The minimum absolute atomic E-state index is 0.196. The van der Waals surface area contributed by atoms with E-state index in [1.165, 1.54) is 11.8 Å². The zero-order valence-electron chi connectivity index (χ0n) is 16.7. The third-order valence-corrected chi connectivity index (χ3v) is 5.65. The fourth-order valence-corrected chi connectivity index (χ4v) is 3.95. The van der Waals surface area contributed by atoms with Crippen LogP contribution in [0.4, 0.5) is 5.69 Å². The molecular weight excluding hydrogens is 432 g/mol. The molecule has 0 saturated carbocycles. The minimum atomic E-state index is -0.196. The molecule has 1 amide bonds. The van der Waals surface area contributed by atoms with Crippen LogP contribution in [-0.2, 0) is 11.4 Å². The highest BCUT2D eigenvalue weighted by molar-refractivity contribution is 8.18. The minimum Gasteiger partial charge on any atom is -0.497 e. The highest BCUT2D eigenvalue weighted by Gasteiger charge is 2.23. The van der Waals surface area contributed by atoms with Crippen molar-refractivity contribution in [3.63, 3.8) is 0 Å². The maximum absolute atomic E-state index is 12.3. The van der Waals surface area contributed by atoms with Crippen LogP contribution in [-0.4, -0.2) is 18.2 Å². The van der Waals surface area contributed by atoms with Gasteiger partial charge in [0.25, 0.3) is 5.91 Å². The lowest BCUT2D eigenvalue weighted by atomic mass is 10.2. The smallest absolute Gasteiger partial charge is 0.264 e. The van der Waals surface area contributed by atoms with Gasteiger partial charge in [-0.05, 0) is 65.4 Å². The van der Waals surface area contributed by atoms with Gasteiger partial charge in [-0.25, -0.2) is 4.99 Å². The number of hydrogen-bond donors (Lipinski definition) is 1. The van der Waals surface area contributed by atoms with Gasteiger partial charge in [0.15, 0.2) is 5.17 Å². The van der Waals surface area contributed by atoms with Crippen molar-refractivity contribution < 1.29 is 14.3 Å². The molecule has 1 heterocycles. The summed E-state index contributed by atoms with van der Waals surface area (Å²) in [5.74, 6) is 1.15. The van der Waals surface area contributed by atoms with E-state index in [9.17, 15) is 4.79 Å². The predicted octanol–water partition coefficient (Wildman–Crippen LogP) is 5.82. The molecular formula is C24H19ClN2O3S. The van der Waals surface area contributed by atoms with E-state index >= 15 is 0 Å². The number of amides is 1. The van der Waals surface area contributed by atoms with E-state index in [0.717, 1.165) is 22.6 Å². The first-order chi connectivity index (χ1) is 15.1. The maximum atomic E-state index is 12.3. The molecule has 0 spiro atoms. The zero-order chi connectivity index (χ0) is 21.6. The molecule has 31 heavy (non-hydrogen) atoms. The van der Waals surface area contributed by atoms with E-state index in [4.69, 9.17) is 21.1 Å². The standard InChI is InChI=1S/C24H19ClN2O3S/c1-29-19-10-8-18(9-11-19)26-24-27-23(28)22(31-24)14-17-7-12-21(20(25)13-17)30-15-16-5-3-2-4-6-16/h2-14H,15H2,1H3,(H,26,27,28)/b22-14-. The number of amidine groups is 1. The molecule has 1 fully saturated rings. The zero-order valence-corrected chi connectivity index (χ0v) is 18.2. The summed E-state index contributed by atoms with van der Waals surface area (Å²) in [6.45, 7) is 0.435. The monoisotopic (exact) mass is 450 g/mol. The van der Waals surface area contributed by atoms with Crippen molar-refractivity contribution in [1.82, 2.24) is 5.32 Å². The van der Waals surface area contributed by atoms with Gasteiger partial charge in [-0.1, -0.05) is 48.0 Å². The molecule has 4 rings (SSSR count). The third-order valence-electron chi connectivity index (χ3n) is 4.44. The van der Waals surface area contributed by atoms with Crippen LogP contribution < -0.4 is 14.8 Å². The number of halogens is 1. The van der Waals surface area contributed by atoms with Gasteiger partial charge in [-0.15, -0.1) is 0 Å². The average Bonchev–Trinajstić information content (AvgIpc) is 3.13. The Bertz CT molecular complexity index is 1150. The second kappa shape index (κ2) is 9.73. The van der Waals surface area contributed by atoms with Crippen LogP contribution in [0.1, 0.15) is 11.1 Å². The van der Waals surface area contributed by atoms with E-state index in [0.29, 0.717) is 27.5 Å². The number of methoxy groups -OCH3 is 1. The van der Waals surface area contributed by atoms with Crippen molar-refractivity contribution in [2.24, 2.45) is 4.99 Å². The van der Waals surface area contributed by atoms with Crippen LogP contribution in [0.2, 0.25) is 5.02 Å². The molecule has 3 aromatic rings. The Morgan fingerprint density at radius 1 is 1.06 bits per heavy atom. The number of rotatable bonds is 6. The summed E-state index contributed by atoms with van der Waals surface area (Å²) < 4.78 is 10.9. The van der Waals surface area contributed by atoms with Crippen LogP contribution in [0.3, 0.4) is 0 Å². The number of nitrogens with zero attached hydrogens (tertiary/aromatic N) is 1. The molecule has 0 aliphatic carbocycles. The summed E-state index contributed by atoms with van der Waals surface area (Å²) in [7, 11) is 1.61. The fourth-order valence-electron chi connectivity index (χ4n) is 2.87. The summed E-state index contributed by atoms with van der Waals surface area (Å²) in [6, 6.07) is 22.6. The summed E-state index contributed by atoms with van der Waals surface area (Å²) in [4.78, 5) is 17.3. The molecule has 1 aliphatic rings. The molecule has 156 valence electrons. The molecule has 0 aromatic heterocycles. The molecule has 0 atom stereocenters. The van der Waals surface area contributed by atoms with Crippen molar-refractivity contribution in [3.8, 4) is 11.5 Å². The van der Waals surface area contributed by atoms with E-state index < -0.39 is 0 Å². The summed E-state index contributed by atoms with van der Waals surface area (Å²) in [5.41, 5.74) is 2.60. The van der Waals surface area contributed by atoms with Crippen LogP contribution in [0.15, 0.2) is 82.7 Å². The van der Waals surface area contributed by atoms with Gasteiger partial charge in [-0.2, -0.15) is 0 Å².